The fourth-order valence-corrected chi connectivity index (χ4v) is 4.39. The number of nitrogens with one attached hydrogen (secondary N) is 2. The first-order valence-corrected chi connectivity index (χ1v) is 12.8. The van der Waals surface area contributed by atoms with Crippen LogP contribution in [0.3, 0.4) is 0 Å². The van der Waals surface area contributed by atoms with Crippen LogP contribution in [0.2, 0.25) is 0 Å². The van der Waals surface area contributed by atoms with E-state index in [9.17, 15) is 9.90 Å². The Hall–Kier alpha value is -2.86. The average molecular weight is 465 g/mol. The van der Waals surface area contributed by atoms with Crippen molar-refractivity contribution in [3.63, 3.8) is 0 Å². The molecule has 0 fully saturated rings. The van der Waals surface area contributed by atoms with Gasteiger partial charge in [0.05, 0.1) is 11.2 Å². The van der Waals surface area contributed by atoms with E-state index in [-0.39, 0.29) is 11.2 Å². The zero-order chi connectivity index (χ0) is 24.2. The molecule has 6 nitrogen and oxygen atoms in total. The number of hydrogen-bond donors (Lipinski definition) is 3. The average Bonchev–Trinajstić information content (AvgIpc) is 2.85. The Balaban J connectivity index is 1.28. The maximum absolute atomic E-state index is 12.0. The van der Waals surface area contributed by atoms with Gasteiger partial charge in [-0.05, 0) is 44.9 Å². The highest BCUT2D eigenvalue weighted by Crippen LogP contribution is 2.21. The van der Waals surface area contributed by atoms with Gasteiger partial charge in [-0.25, -0.2) is 0 Å². The van der Waals surface area contributed by atoms with Crippen molar-refractivity contribution < 1.29 is 5.11 Å². The van der Waals surface area contributed by atoms with Gasteiger partial charge in [-0.3, -0.25) is 9.78 Å². The number of para-hydroxylation sites is 1. The molecule has 0 radical (unpaired) electrons. The molecule has 2 aromatic heterocycles. The highest BCUT2D eigenvalue weighted by Gasteiger charge is 2.12. The third kappa shape index (κ3) is 7.32. The molecule has 0 atom stereocenters. The maximum atomic E-state index is 12.0. The first-order chi connectivity index (χ1) is 16.6. The minimum atomic E-state index is -0.284. The van der Waals surface area contributed by atoms with Gasteiger partial charge >= 0.3 is 0 Å². The third-order valence-corrected chi connectivity index (χ3v) is 6.37. The van der Waals surface area contributed by atoms with E-state index in [0.29, 0.717) is 12.2 Å². The quantitative estimate of drug-likeness (QED) is 0.250. The molecule has 3 rings (SSSR count). The van der Waals surface area contributed by atoms with Crippen molar-refractivity contribution in [3.05, 3.63) is 64.2 Å². The number of aromatic hydroxyl groups is 1. The van der Waals surface area contributed by atoms with E-state index in [1.165, 1.54) is 37.1 Å². The van der Waals surface area contributed by atoms with Crippen LogP contribution in [0.4, 0.5) is 5.69 Å². The van der Waals surface area contributed by atoms with Gasteiger partial charge in [-0.1, -0.05) is 57.2 Å². The standard InChI is InChI=1S/C28H40N4O2/c1-3-4-19-32-22(2)20-27(33)28(34)26(32)21-29-16-11-7-5-6-8-12-17-30-25-15-18-31-24-14-10-9-13-23(24)25/h9-10,13-15,18,20,29,34H,3-8,11-12,16-17,19,21H2,1-2H3,(H,30,31). The number of aryl methyl sites for hydroxylation is 1. The molecule has 0 bridgehead atoms. The maximum Gasteiger partial charge on any atom is 0.223 e. The van der Waals surface area contributed by atoms with Gasteiger partial charge < -0.3 is 20.3 Å². The van der Waals surface area contributed by atoms with Crippen molar-refractivity contribution in [2.45, 2.75) is 78.3 Å². The Labute approximate surface area is 203 Å². The normalized spacial score (nSPS) is 11.2. The lowest BCUT2D eigenvalue weighted by Gasteiger charge is -2.18. The molecule has 0 aliphatic carbocycles. The summed E-state index contributed by atoms with van der Waals surface area (Å²) in [5.74, 6) is -0.109. The van der Waals surface area contributed by atoms with E-state index >= 15 is 0 Å². The number of unbranched alkanes of at least 4 members (excludes halogenated alkanes) is 6. The summed E-state index contributed by atoms with van der Waals surface area (Å²) in [6.07, 6.45) is 11.1. The molecule has 3 aromatic rings. The largest absolute Gasteiger partial charge is 0.503 e. The van der Waals surface area contributed by atoms with Crippen molar-refractivity contribution in [2.75, 3.05) is 18.4 Å². The molecule has 0 saturated carbocycles. The van der Waals surface area contributed by atoms with Crippen molar-refractivity contribution in [1.29, 1.82) is 0 Å². The molecular weight excluding hydrogens is 424 g/mol. The van der Waals surface area contributed by atoms with Gasteiger partial charge in [0.2, 0.25) is 5.43 Å². The Bertz CT molecular complexity index is 1090. The number of rotatable bonds is 15. The Kier molecular flexibility index (Phi) is 10.4. The summed E-state index contributed by atoms with van der Waals surface area (Å²) >= 11 is 0. The second kappa shape index (κ2) is 13.8. The van der Waals surface area contributed by atoms with Crippen LogP contribution >= 0.6 is 0 Å². The number of anilines is 1. The molecule has 184 valence electrons. The van der Waals surface area contributed by atoms with Gasteiger partial charge in [0.15, 0.2) is 5.75 Å². The molecule has 1 aromatic carbocycles. The van der Waals surface area contributed by atoms with Crippen molar-refractivity contribution in [3.8, 4) is 5.75 Å². The Morgan fingerprint density at radius 2 is 1.71 bits per heavy atom. The van der Waals surface area contributed by atoms with Gasteiger partial charge in [0, 0.05) is 48.7 Å². The summed E-state index contributed by atoms with van der Waals surface area (Å²) in [7, 11) is 0. The van der Waals surface area contributed by atoms with E-state index in [1.807, 2.05) is 25.3 Å². The van der Waals surface area contributed by atoms with E-state index in [0.717, 1.165) is 62.2 Å². The fraction of sp³-hybridized carbons (Fsp3) is 0.500. The van der Waals surface area contributed by atoms with Gasteiger partial charge in [0.1, 0.15) is 0 Å². The SMILES string of the molecule is CCCCn1c(C)cc(=O)c(O)c1CNCCCCCCCCNc1ccnc2ccccc12. The van der Waals surface area contributed by atoms with E-state index in [2.05, 4.69) is 45.3 Å². The third-order valence-electron chi connectivity index (χ3n) is 6.37. The fourth-order valence-electron chi connectivity index (χ4n) is 4.39. The highest BCUT2D eigenvalue weighted by atomic mass is 16.3. The monoisotopic (exact) mass is 464 g/mol. The summed E-state index contributed by atoms with van der Waals surface area (Å²) < 4.78 is 2.08. The first-order valence-electron chi connectivity index (χ1n) is 12.8. The molecule has 0 aliphatic rings. The number of benzene rings is 1. The summed E-state index contributed by atoms with van der Waals surface area (Å²) in [5, 5.41) is 18.4. The summed E-state index contributed by atoms with van der Waals surface area (Å²) in [6.45, 7) is 7.33. The van der Waals surface area contributed by atoms with Crippen LogP contribution in [0, 0.1) is 6.92 Å². The van der Waals surface area contributed by atoms with Crippen LogP contribution in [0.1, 0.15) is 69.7 Å². The number of pyridine rings is 2. The minimum absolute atomic E-state index is 0.109. The lowest BCUT2D eigenvalue weighted by atomic mass is 10.1. The molecule has 0 amide bonds. The summed E-state index contributed by atoms with van der Waals surface area (Å²) in [5.41, 5.74) is 3.54. The Morgan fingerprint density at radius 1 is 0.971 bits per heavy atom. The molecule has 0 aliphatic heterocycles. The van der Waals surface area contributed by atoms with Crippen molar-refractivity contribution >= 4 is 16.6 Å². The van der Waals surface area contributed by atoms with Gasteiger partial charge in [-0.2, -0.15) is 0 Å². The van der Waals surface area contributed by atoms with Gasteiger partial charge in [0.25, 0.3) is 0 Å². The highest BCUT2D eigenvalue weighted by molar-refractivity contribution is 5.90. The lowest BCUT2D eigenvalue weighted by molar-refractivity contribution is 0.435. The molecule has 2 heterocycles. The Morgan fingerprint density at radius 3 is 2.50 bits per heavy atom. The van der Waals surface area contributed by atoms with Crippen LogP contribution in [-0.2, 0) is 13.1 Å². The number of aromatic nitrogens is 2. The molecule has 0 saturated heterocycles. The van der Waals surface area contributed by atoms with Crippen molar-refractivity contribution in [2.24, 2.45) is 0 Å². The van der Waals surface area contributed by atoms with Crippen LogP contribution < -0.4 is 16.1 Å². The van der Waals surface area contributed by atoms with Crippen molar-refractivity contribution in [1.82, 2.24) is 14.9 Å². The lowest BCUT2D eigenvalue weighted by Crippen LogP contribution is -2.23. The summed E-state index contributed by atoms with van der Waals surface area (Å²) in [6, 6.07) is 11.8. The zero-order valence-corrected chi connectivity index (χ0v) is 20.8. The van der Waals surface area contributed by atoms with Crippen LogP contribution in [0.5, 0.6) is 5.75 Å². The van der Waals surface area contributed by atoms with E-state index < -0.39 is 0 Å². The molecule has 0 unspecified atom stereocenters. The van der Waals surface area contributed by atoms with E-state index in [4.69, 9.17) is 0 Å². The number of nitrogens with zero attached hydrogens (tertiary/aromatic N) is 2. The summed E-state index contributed by atoms with van der Waals surface area (Å²) in [4.78, 5) is 16.4. The zero-order valence-electron chi connectivity index (χ0n) is 20.8. The van der Waals surface area contributed by atoms with E-state index in [1.54, 1.807) is 0 Å². The van der Waals surface area contributed by atoms with Crippen LogP contribution in [-0.4, -0.2) is 27.7 Å². The van der Waals surface area contributed by atoms with Crippen LogP contribution in [0.25, 0.3) is 10.9 Å². The molecule has 3 N–H and O–H groups in total. The second-order valence-electron chi connectivity index (χ2n) is 9.05. The number of hydrogen-bond acceptors (Lipinski definition) is 5. The topological polar surface area (TPSA) is 79.2 Å². The number of fused-ring (bicyclic) bond motifs is 1. The molecular formula is C28H40N4O2. The minimum Gasteiger partial charge on any atom is -0.503 e. The molecule has 34 heavy (non-hydrogen) atoms. The second-order valence-corrected chi connectivity index (χ2v) is 9.05. The molecule has 6 heteroatoms. The first kappa shape index (κ1) is 25.8. The van der Waals surface area contributed by atoms with Gasteiger partial charge in [-0.15, -0.1) is 0 Å². The smallest absolute Gasteiger partial charge is 0.223 e. The van der Waals surface area contributed by atoms with Crippen LogP contribution in [0.15, 0.2) is 47.4 Å². The molecule has 0 spiro atoms. The predicted octanol–water partition coefficient (Wildman–Crippen LogP) is 5.75. The predicted molar refractivity (Wildman–Crippen MR) is 142 cm³/mol.